The molecule has 29 heavy (non-hydrogen) atoms. The average molecular weight is 395 g/mol. The summed E-state index contributed by atoms with van der Waals surface area (Å²) >= 11 is 0. The van der Waals surface area contributed by atoms with Gasteiger partial charge in [-0.2, -0.15) is 0 Å². The smallest absolute Gasteiger partial charge is 0.262 e. The molecule has 0 radical (unpaired) electrons. The summed E-state index contributed by atoms with van der Waals surface area (Å²) in [5.41, 5.74) is 4.04. The molecule has 2 amide bonds. The van der Waals surface area contributed by atoms with Gasteiger partial charge in [0.15, 0.2) is 6.61 Å². The molecule has 1 heterocycles. The second-order valence-corrected chi connectivity index (χ2v) is 7.80. The Hall–Kier alpha value is -2.82. The van der Waals surface area contributed by atoms with Crippen LogP contribution in [0.1, 0.15) is 57.1 Å². The van der Waals surface area contributed by atoms with Crippen LogP contribution in [0.25, 0.3) is 0 Å². The van der Waals surface area contributed by atoms with Crippen LogP contribution >= 0.6 is 0 Å². The van der Waals surface area contributed by atoms with E-state index in [4.69, 9.17) is 4.74 Å². The van der Waals surface area contributed by atoms with Crippen LogP contribution in [0.15, 0.2) is 42.5 Å². The van der Waals surface area contributed by atoms with Crippen molar-refractivity contribution in [2.24, 2.45) is 0 Å². The van der Waals surface area contributed by atoms with Crippen molar-refractivity contribution in [3.8, 4) is 5.75 Å². The molecule has 0 unspecified atom stereocenters. The molecule has 0 atom stereocenters. The van der Waals surface area contributed by atoms with Gasteiger partial charge in [-0.05, 0) is 60.2 Å². The second kappa shape index (κ2) is 9.59. The molecule has 2 aromatic rings. The van der Waals surface area contributed by atoms with Crippen LogP contribution in [0, 0.1) is 0 Å². The third-order valence-corrected chi connectivity index (χ3v) is 5.22. The first-order valence-electron chi connectivity index (χ1n) is 10.4. The number of carbonyl (C=O) groups is 2. The van der Waals surface area contributed by atoms with E-state index in [1.165, 1.54) is 5.56 Å². The maximum Gasteiger partial charge on any atom is 0.262 e. The van der Waals surface area contributed by atoms with E-state index >= 15 is 0 Å². The fraction of sp³-hybridized carbons (Fsp3) is 0.417. The number of nitrogens with zero attached hydrogens (tertiary/aromatic N) is 1. The van der Waals surface area contributed by atoms with E-state index < -0.39 is 0 Å². The number of carbonyl (C=O) groups excluding carboxylic acids is 2. The predicted molar refractivity (Wildman–Crippen MR) is 117 cm³/mol. The molecule has 154 valence electrons. The van der Waals surface area contributed by atoms with E-state index in [0.29, 0.717) is 24.5 Å². The highest BCUT2D eigenvalue weighted by atomic mass is 16.5. The summed E-state index contributed by atoms with van der Waals surface area (Å²) in [6, 6.07) is 13.6. The summed E-state index contributed by atoms with van der Waals surface area (Å²) in [6.07, 6.45) is 3.26. The van der Waals surface area contributed by atoms with Gasteiger partial charge < -0.3 is 15.0 Å². The Morgan fingerprint density at radius 1 is 1.14 bits per heavy atom. The van der Waals surface area contributed by atoms with Crippen molar-refractivity contribution in [1.82, 2.24) is 0 Å². The SMILES string of the molecule is CCCCN1C(=O)CCc2cc(NC(=O)COc3ccc(C(C)C)cc3)ccc21. The van der Waals surface area contributed by atoms with E-state index in [1.54, 1.807) is 0 Å². The average Bonchev–Trinajstić information content (AvgIpc) is 2.72. The Balaban J connectivity index is 1.59. The Morgan fingerprint density at radius 3 is 2.59 bits per heavy atom. The second-order valence-electron chi connectivity index (χ2n) is 7.80. The maximum absolute atomic E-state index is 12.3. The van der Waals surface area contributed by atoms with Gasteiger partial charge in [-0.3, -0.25) is 9.59 Å². The zero-order valence-electron chi connectivity index (χ0n) is 17.5. The molecule has 2 aromatic carbocycles. The van der Waals surface area contributed by atoms with Gasteiger partial charge in [0.25, 0.3) is 5.91 Å². The summed E-state index contributed by atoms with van der Waals surface area (Å²) in [5.74, 6) is 1.12. The lowest BCUT2D eigenvalue weighted by atomic mass is 10.00. The van der Waals surface area contributed by atoms with Crippen molar-refractivity contribution in [2.45, 2.75) is 52.4 Å². The number of unbranched alkanes of at least 4 members (excludes halogenated alkanes) is 1. The van der Waals surface area contributed by atoms with Crippen molar-refractivity contribution < 1.29 is 14.3 Å². The van der Waals surface area contributed by atoms with Crippen molar-refractivity contribution in [1.29, 1.82) is 0 Å². The number of hydrogen-bond donors (Lipinski definition) is 1. The summed E-state index contributed by atoms with van der Waals surface area (Å²) < 4.78 is 5.60. The van der Waals surface area contributed by atoms with Gasteiger partial charge in [-0.15, -0.1) is 0 Å². The van der Waals surface area contributed by atoms with Crippen LogP contribution in [-0.2, 0) is 16.0 Å². The van der Waals surface area contributed by atoms with Gasteiger partial charge in [-0.25, -0.2) is 0 Å². The number of aryl methyl sites for hydroxylation is 1. The zero-order valence-corrected chi connectivity index (χ0v) is 17.5. The van der Waals surface area contributed by atoms with E-state index in [-0.39, 0.29) is 18.4 Å². The number of fused-ring (bicyclic) bond motifs is 1. The molecular formula is C24H30N2O3. The molecule has 0 fully saturated rings. The van der Waals surface area contributed by atoms with Crippen LogP contribution < -0.4 is 15.0 Å². The molecule has 1 aliphatic rings. The largest absolute Gasteiger partial charge is 0.484 e. The fourth-order valence-electron chi connectivity index (χ4n) is 3.49. The van der Waals surface area contributed by atoms with Gasteiger partial charge in [0.2, 0.25) is 5.91 Å². The quantitative estimate of drug-likeness (QED) is 0.692. The van der Waals surface area contributed by atoms with Crippen molar-refractivity contribution in [3.63, 3.8) is 0 Å². The zero-order chi connectivity index (χ0) is 20.8. The highest BCUT2D eigenvalue weighted by molar-refractivity contribution is 5.97. The molecular weight excluding hydrogens is 364 g/mol. The number of rotatable bonds is 8. The monoisotopic (exact) mass is 394 g/mol. The molecule has 0 spiro atoms. The van der Waals surface area contributed by atoms with E-state index in [1.807, 2.05) is 47.4 Å². The third-order valence-electron chi connectivity index (χ3n) is 5.22. The van der Waals surface area contributed by atoms with Crippen LogP contribution in [0.4, 0.5) is 11.4 Å². The van der Waals surface area contributed by atoms with Crippen molar-refractivity contribution in [3.05, 3.63) is 53.6 Å². The minimum absolute atomic E-state index is 0.0424. The number of anilines is 2. The standard InChI is InChI=1S/C24H30N2O3/c1-4-5-14-26-22-12-9-20(15-19(22)8-13-24(26)28)25-23(27)16-29-21-10-6-18(7-11-21)17(2)3/h6-7,9-12,15,17H,4-5,8,13-14,16H2,1-3H3,(H,25,27). The van der Waals surface area contributed by atoms with Gasteiger partial charge in [0.1, 0.15) is 5.75 Å². The molecule has 0 aliphatic carbocycles. The topological polar surface area (TPSA) is 58.6 Å². The minimum Gasteiger partial charge on any atom is -0.484 e. The Bertz CT molecular complexity index is 859. The van der Waals surface area contributed by atoms with Crippen LogP contribution in [0.5, 0.6) is 5.75 Å². The molecule has 0 saturated carbocycles. The molecule has 0 aromatic heterocycles. The van der Waals surface area contributed by atoms with Crippen molar-refractivity contribution in [2.75, 3.05) is 23.4 Å². The Morgan fingerprint density at radius 2 is 1.90 bits per heavy atom. The lowest BCUT2D eigenvalue weighted by Crippen LogP contribution is -2.35. The summed E-state index contributed by atoms with van der Waals surface area (Å²) in [4.78, 5) is 26.4. The molecule has 0 saturated heterocycles. The maximum atomic E-state index is 12.3. The van der Waals surface area contributed by atoms with Crippen LogP contribution in [0.3, 0.4) is 0 Å². The molecule has 5 heteroatoms. The molecule has 1 N–H and O–H groups in total. The summed E-state index contributed by atoms with van der Waals surface area (Å²) in [5, 5.41) is 2.89. The predicted octanol–water partition coefficient (Wildman–Crippen LogP) is 4.91. The van der Waals surface area contributed by atoms with Gasteiger partial charge >= 0.3 is 0 Å². The lowest BCUT2D eigenvalue weighted by Gasteiger charge is -2.29. The number of ether oxygens (including phenoxy) is 1. The molecule has 3 rings (SSSR count). The first kappa shape index (κ1) is 20.9. The number of hydrogen-bond acceptors (Lipinski definition) is 3. The summed E-state index contributed by atoms with van der Waals surface area (Å²) in [7, 11) is 0. The lowest BCUT2D eigenvalue weighted by molar-refractivity contribution is -0.119. The molecule has 0 bridgehead atoms. The van der Waals surface area contributed by atoms with Gasteiger partial charge in [0.05, 0.1) is 0 Å². The fourth-order valence-corrected chi connectivity index (χ4v) is 3.49. The van der Waals surface area contributed by atoms with Gasteiger partial charge in [0, 0.05) is 24.3 Å². The Labute approximate surface area is 173 Å². The first-order chi connectivity index (χ1) is 14.0. The number of benzene rings is 2. The first-order valence-corrected chi connectivity index (χ1v) is 10.4. The highest BCUT2D eigenvalue weighted by Gasteiger charge is 2.23. The number of nitrogens with one attached hydrogen (secondary N) is 1. The molecule has 5 nitrogen and oxygen atoms in total. The van der Waals surface area contributed by atoms with Crippen LogP contribution in [-0.4, -0.2) is 25.0 Å². The van der Waals surface area contributed by atoms with E-state index in [0.717, 1.165) is 36.3 Å². The minimum atomic E-state index is -0.201. The molecule has 1 aliphatic heterocycles. The normalized spacial score (nSPS) is 13.4. The Kier molecular flexibility index (Phi) is 6.91. The highest BCUT2D eigenvalue weighted by Crippen LogP contribution is 2.30. The van der Waals surface area contributed by atoms with Gasteiger partial charge in [-0.1, -0.05) is 39.3 Å². The van der Waals surface area contributed by atoms with Crippen molar-refractivity contribution >= 4 is 23.2 Å². The van der Waals surface area contributed by atoms with E-state index in [9.17, 15) is 9.59 Å². The van der Waals surface area contributed by atoms with E-state index in [2.05, 4.69) is 26.1 Å². The van der Waals surface area contributed by atoms with Crippen LogP contribution in [0.2, 0.25) is 0 Å². The number of amides is 2. The third kappa shape index (κ3) is 5.37. The summed E-state index contributed by atoms with van der Waals surface area (Å²) in [6.45, 7) is 7.10.